The second-order valence-electron chi connectivity index (χ2n) is 20.2. The van der Waals surface area contributed by atoms with Gasteiger partial charge in [0.2, 0.25) is 0 Å². The Morgan fingerprint density at radius 1 is 0.603 bits per heavy atom. The number of hydrogen-bond donors (Lipinski definition) is 1. The van der Waals surface area contributed by atoms with Gasteiger partial charge in [0.1, 0.15) is 11.6 Å². The van der Waals surface area contributed by atoms with E-state index >= 15 is 0 Å². The molecule has 0 aliphatic rings. The highest BCUT2D eigenvalue weighted by Crippen LogP contribution is 2.46. The number of phenolic OH excluding ortho intramolecular Hbond substituents is 1. The second kappa shape index (κ2) is 17.9. The lowest BCUT2D eigenvalue weighted by molar-refractivity contribution is 0.466. The number of hydrogen-bond acceptors (Lipinski definition) is 3. The van der Waals surface area contributed by atoms with E-state index in [1.54, 1.807) is 45.9 Å². The zero-order chi connectivity index (χ0) is 58.7. The summed E-state index contributed by atoms with van der Waals surface area (Å²) in [5.41, 5.74) is 9.06. The Labute approximate surface area is 421 Å². The van der Waals surface area contributed by atoms with Crippen molar-refractivity contribution in [3.63, 3.8) is 0 Å². The Balaban J connectivity index is 1.40. The summed E-state index contributed by atoms with van der Waals surface area (Å²) in [7, 11) is 0. The van der Waals surface area contributed by atoms with Crippen LogP contribution in [0, 0.1) is 13.8 Å². The van der Waals surface area contributed by atoms with Crippen LogP contribution in [0.1, 0.15) is 131 Å². The van der Waals surface area contributed by atoms with Crippen LogP contribution in [0.4, 0.5) is 0 Å². The van der Waals surface area contributed by atoms with Gasteiger partial charge in [0.25, 0.3) is 0 Å². The molecule has 4 heteroatoms. The molecule has 0 saturated heterocycles. The van der Waals surface area contributed by atoms with Gasteiger partial charge >= 0.3 is 0 Å². The molecule has 0 atom stereocenters. The fourth-order valence-corrected chi connectivity index (χ4v) is 8.79. The maximum absolute atomic E-state index is 12.6. The number of para-hydroxylation sites is 1. The summed E-state index contributed by atoms with van der Waals surface area (Å²) in [5.74, 6) is -2.25. The molecule has 4 nitrogen and oxygen atoms in total. The standard InChI is InChI=1S/C64H65N3O/c1-39(2)47-35-53(40(3)4)61(68)56(36-47)62-66-60-52(48-32-49(34-51(33-48)64(10,11)12)57-37-46(29-30-65-57)43-23-21-41(5)22-24-43)19-16-20-58(60)67(62)59-38-54(44-17-14-13-15-18-44)42(6)31-55(59)45-25-27-50(28-26-45)63(7,8)9/h13-40,68H,1-12H3/i5D3,21D,22D,23D,24D,29D,30D,37D,39D,40D. The van der Waals surface area contributed by atoms with E-state index in [9.17, 15) is 9.22 Å². The number of phenols is 1. The molecule has 0 unspecified atom stereocenters. The van der Waals surface area contributed by atoms with Crippen molar-refractivity contribution >= 4 is 11.0 Å². The van der Waals surface area contributed by atoms with E-state index in [-0.39, 0.29) is 16.9 Å². The molecule has 0 bridgehead atoms. The molecule has 0 spiro atoms. The number of fused-ring (bicyclic) bond motifs is 1. The predicted octanol–water partition coefficient (Wildman–Crippen LogP) is 17.6. The first-order valence-electron chi connectivity index (χ1n) is 29.1. The lowest BCUT2D eigenvalue weighted by atomic mass is 9.83. The van der Waals surface area contributed by atoms with E-state index in [1.807, 2.05) is 73.9 Å². The van der Waals surface area contributed by atoms with Crippen LogP contribution in [0.25, 0.3) is 83.9 Å². The third-order valence-corrected chi connectivity index (χ3v) is 12.7. The largest absolute Gasteiger partial charge is 0.507 e. The number of aryl methyl sites for hydroxylation is 1. The molecule has 0 radical (unpaired) electrons. The normalized spacial score (nSPS) is 15.2. The van der Waals surface area contributed by atoms with Crippen LogP contribution in [0.3, 0.4) is 0 Å². The Bertz CT molecular complexity index is 3920. The third kappa shape index (κ3) is 8.93. The molecule has 2 heterocycles. The van der Waals surface area contributed by atoms with Gasteiger partial charge in [0.15, 0.2) is 0 Å². The highest BCUT2D eigenvalue weighted by atomic mass is 16.3. The number of aromatic hydroxyl groups is 1. The molecule has 342 valence electrons. The maximum atomic E-state index is 12.6. The fraction of sp³-hybridized carbons (Fsp3) is 0.250. The zero-order valence-electron chi connectivity index (χ0n) is 52.8. The first-order chi connectivity index (χ1) is 37.1. The van der Waals surface area contributed by atoms with E-state index < -0.39 is 83.2 Å². The first kappa shape index (κ1) is 33.4. The lowest BCUT2D eigenvalue weighted by Gasteiger charge is -2.22. The van der Waals surface area contributed by atoms with E-state index in [4.69, 9.17) is 17.3 Å². The molecule has 9 rings (SSSR count). The Morgan fingerprint density at radius 3 is 1.96 bits per heavy atom. The summed E-state index contributed by atoms with van der Waals surface area (Å²) >= 11 is 0. The minimum Gasteiger partial charge on any atom is -0.507 e. The van der Waals surface area contributed by atoms with Crippen LogP contribution in [0.15, 0.2) is 158 Å². The molecule has 0 aliphatic heterocycles. The van der Waals surface area contributed by atoms with Crippen molar-refractivity contribution in [1.82, 2.24) is 14.5 Å². The smallest absolute Gasteiger partial charge is 0.149 e. The van der Waals surface area contributed by atoms with Crippen LogP contribution >= 0.6 is 0 Å². The summed E-state index contributed by atoms with van der Waals surface area (Å²) in [6, 6.07) is 33.7. The number of nitrogens with zero attached hydrogens (tertiary/aromatic N) is 3. The molecule has 1 N–H and O–H groups in total. The van der Waals surface area contributed by atoms with Crippen molar-refractivity contribution < 1.29 is 21.6 Å². The van der Waals surface area contributed by atoms with Gasteiger partial charge in [-0.05, 0) is 146 Å². The highest BCUT2D eigenvalue weighted by molar-refractivity contribution is 5.98. The summed E-state index contributed by atoms with van der Waals surface area (Å²) in [6.45, 7) is 18.6. The van der Waals surface area contributed by atoms with Crippen LogP contribution in [0.5, 0.6) is 5.75 Å². The van der Waals surface area contributed by atoms with Crippen molar-refractivity contribution in [2.75, 3.05) is 0 Å². The van der Waals surface area contributed by atoms with Crippen molar-refractivity contribution in [3.05, 3.63) is 191 Å². The molecular formula is C64H65N3O. The quantitative estimate of drug-likeness (QED) is 0.157. The molecule has 7 aromatic carbocycles. The minimum atomic E-state index is -2.99. The topological polar surface area (TPSA) is 50.9 Å². The maximum Gasteiger partial charge on any atom is 0.149 e. The molecule has 0 aliphatic carbocycles. The summed E-state index contributed by atoms with van der Waals surface area (Å²) in [6.07, 6.45) is -0.596. The van der Waals surface area contributed by atoms with Gasteiger partial charge in [0.05, 0.1) is 37.6 Å². The third-order valence-electron chi connectivity index (χ3n) is 12.7. The van der Waals surface area contributed by atoms with Gasteiger partial charge in [-0.2, -0.15) is 0 Å². The van der Waals surface area contributed by atoms with Crippen molar-refractivity contribution in [2.24, 2.45) is 0 Å². The highest BCUT2D eigenvalue weighted by Gasteiger charge is 2.27. The van der Waals surface area contributed by atoms with Gasteiger partial charge in [-0.15, -0.1) is 0 Å². The van der Waals surface area contributed by atoms with Crippen LogP contribution in [0.2, 0.25) is 0 Å². The average molecular weight is 904 g/mol. The predicted molar refractivity (Wildman–Crippen MR) is 288 cm³/mol. The molecule has 0 amide bonds. The van der Waals surface area contributed by atoms with Crippen LogP contribution in [-0.4, -0.2) is 19.6 Å². The van der Waals surface area contributed by atoms with Gasteiger partial charge in [-0.25, -0.2) is 4.98 Å². The minimum absolute atomic E-state index is 0.0796. The van der Waals surface area contributed by atoms with Gasteiger partial charge in [-0.1, -0.05) is 178 Å². The van der Waals surface area contributed by atoms with Crippen LogP contribution < -0.4 is 0 Å². The Hall–Kier alpha value is -7.04. The Kier molecular flexibility index (Phi) is 8.79. The van der Waals surface area contributed by atoms with Crippen molar-refractivity contribution in [2.45, 2.75) is 106 Å². The van der Waals surface area contributed by atoms with E-state index in [2.05, 4.69) is 81.2 Å². The van der Waals surface area contributed by atoms with Gasteiger partial charge < -0.3 is 5.11 Å². The molecule has 68 heavy (non-hydrogen) atoms. The van der Waals surface area contributed by atoms with Crippen molar-refractivity contribution in [3.8, 4) is 78.6 Å². The zero-order valence-corrected chi connectivity index (χ0v) is 40.8. The Morgan fingerprint density at radius 2 is 1.29 bits per heavy atom. The fourth-order valence-electron chi connectivity index (χ4n) is 8.79. The van der Waals surface area contributed by atoms with Crippen LogP contribution in [-0.2, 0) is 10.8 Å². The molecule has 9 aromatic rings. The SMILES string of the molecule is [2H]c1nc(-c2cc(-c3cccc4c3nc(-c3cc(C([2H])(C)C)cc(C([2H])(C)C)c3O)n4-c3cc(-c4ccccc4)c(C)cc3-c3ccc(C(C)(C)C)cc3)cc(C(C)(C)C)c2)c([2H])c(-c2c([2H])c([2H])c(C([2H])([2H])[2H])c([2H])c2[2H])c1[2H]. The van der Waals surface area contributed by atoms with Gasteiger partial charge in [0, 0.05) is 29.7 Å². The monoisotopic (exact) mass is 904 g/mol. The molecule has 0 saturated carbocycles. The van der Waals surface area contributed by atoms with E-state index in [0.29, 0.717) is 50.2 Å². The molecule has 2 aromatic heterocycles. The van der Waals surface area contributed by atoms with Crippen molar-refractivity contribution in [1.29, 1.82) is 0 Å². The van der Waals surface area contributed by atoms with E-state index in [0.717, 1.165) is 44.6 Å². The molecular weight excluding hydrogens is 827 g/mol. The number of aromatic nitrogens is 3. The summed E-state index contributed by atoms with van der Waals surface area (Å²) in [5, 5.41) is 12.6. The lowest BCUT2D eigenvalue weighted by Crippen LogP contribution is -2.11. The summed E-state index contributed by atoms with van der Waals surface area (Å²) < 4.78 is 107. The van der Waals surface area contributed by atoms with E-state index in [1.165, 1.54) is 0 Å². The second-order valence-corrected chi connectivity index (χ2v) is 20.2. The number of pyridine rings is 1. The van der Waals surface area contributed by atoms with Gasteiger partial charge in [-0.3, -0.25) is 9.55 Å². The first-order valence-corrected chi connectivity index (χ1v) is 23.1. The molecule has 0 fully saturated rings. The summed E-state index contributed by atoms with van der Waals surface area (Å²) in [4.78, 5) is 10.0. The number of imidazole rings is 1. The number of rotatable bonds is 9. The average Bonchev–Trinajstić information content (AvgIpc) is 3.85. The number of benzene rings is 7.